The van der Waals surface area contributed by atoms with Gasteiger partial charge in [0.25, 0.3) is 0 Å². The van der Waals surface area contributed by atoms with Crippen LogP contribution in [0.3, 0.4) is 0 Å². The Kier molecular flexibility index (Phi) is 3.74. The maximum Gasteiger partial charge on any atom is 0.0670 e. The molecule has 2 nitrogen and oxygen atoms in total. The van der Waals surface area contributed by atoms with Crippen LogP contribution in [0.4, 0.5) is 0 Å². The maximum atomic E-state index is 10.0. The lowest BCUT2D eigenvalue weighted by Crippen LogP contribution is -2.33. The number of aliphatic hydroxyl groups is 2. The van der Waals surface area contributed by atoms with Gasteiger partial charge in [0.05, 0.1) is 12.2 Å². The van der Waals surface area contributed by atoms with Gasteiger partial charge < -0.3 is 10.2 Å². The molecule has 0 amide bonds. The molecule has 1 aliphatic carbocycles. The molecule has 0 aromatic rings. The zero-order chi connectivity index (χ0) is 9.97. The molecule has 3 heteroatoms. The maximum absolute atomic E-state index is 10.0. The van der Waals surface area contributed by atoms with Gasteiger partial charge in [0.15, 0.2) is 0 Å². The van der Waals surface area contributed by atoms with Crippen LogP contribution in [0.1, 0.15) is 32.1 Å². The second-order valence-corrected chi connectivity index (χ2v) is 5.71. The average molecular weight is 216 g/mol. The highest BCUT2D eigenvalue weighted by molar-refractivity contribution is 7.99. The SMILES string of the molecule is OC1CCCCCC1C1CSCC1O. The molecular weight excluding hydrogens is 196 g/mol. The fourth-order valence-electron chi connectivity index (χ4n) is 2.78. The second kappa shape index (κ2) is 4.86. The molecule has 0 radical (unpaired) electrons. The molecule has 0 aromatic heterocycles. The summed E-state index contributed by atoms with van der Waals surface area (Å²) >= 11 is 1.83. The van der Waals surface area contributed by atoms with Crippen LogP contribution in [0.2, 0.25) is 0 Å². The van der Waals surface area contributed by atoms with E-state index < -0.39 is 0 Å². The Hall–Kier alpha value is 0.270. The molecule has 14 heavy (non-hydrogen) atoms. The Balaban J connectivity index is 1.99. The predicted octanol–water partition coefficient (Wildman–Crippen LogP) is 1.65. The van der Waals surface area contributed by atoms with Crippen LogP contribution in [0.25, 0.3) is 0 Å². The Morgan fingerprint density at radius 2 is 1.57 bits per heavy atom. The third-order valence-electron chi connectivity index (χ3n) is 3.67. The highest BCUT2D eigenvalue weighted by Crippen LogP contribution is 2.37. The fourth-order valence-corrected chi connectivity index (χ4v) is 4.15. The van der Waals surface area contributed by atoms with E-state index in [2.05, 4.69) is 0 Å². The highest BCUT2D eigenvalue weighted by Gasteiger charge is 2.36. The Bertz CT molecular complexity index is 186. The molecule has 2 N–H and O–H groups in total. The lowest BCUT2D eigenvalue weighted by molar-refractivity contribution is 0.0267. The van der Waals surface area contributed by atoms with Crippen LogP contribution < -0.4 is 0 Å². The van der Waals surface area contributed by atoms with Crippen molar-refractivity contribution in [3.8, 4) is 0 Å². The summed E-state index contributed by atoms with van der Waals surface area (Å²) in [4.78, 5) is 0. The van der Waals surface area contributed by atoms with Crippen molar-refractivity contribution in [2.24, 2.45) is 11.8 Å². The number of hydrogen-bond donors (Lipinski definition) is 2. The largest absolute Gasteiger partial charge is 0.393 e. The summed E-state index contributed by atoms with van der Waals surface area (Å²) in [7, 11) is 0. The van der Waals surface area contributed by atoms with Crippen molar-refractivity contribution in [3.05, 3.63) is 0 Å². The Morgan fingerprint density at radius 1 is 0.786 bits per heavy atom. The number of hydrogen-bond acceptors (Lipinski definition) is 3. The van der Waals surface area contributed by atoms with Gasteiger partial charge in [-0.05, 0) is 30.4 Å². The summed E-state index contributed by atoms with van der Waals surface area (Å²) in [5.74, 6) is 2.63. The van der Waals surface area contributed by atoms with Gasteiger partial charge in [0, 0.05) is 5.75 Å². The molecule has 82 valence electrons. The first kappa shape index (κ1) is 10.8. The third-order valence-corrected chi connectivity index (χ3v) is 4.87. The van der Waals surface area contributed by atoms with Crippen molar-refractivity contribution < 1.29 is 10.2 Å². The van der Waals surface area contributed by atoms with E-state index in [0.29, 0.717) is 11.8 Å². The summed E-state index contributed by atoms with van der Waals surface area (Å²) in [5, 5.41) is 19.8. The minimum atomic E-state index is -0.169. The smallest absolute Gasteiger partial charge is 0.0670 e. The van der Waals surface area contributed by atoms with E-state index in [9.17, 15) is 10.2 Å². The first-order valence-corrected chi connectivity index (χ1v) is 6.88. The van der Waals surface area contributed by atoms with Crippen LogP contribution >= 0.6 is 11.8 Å². The van der Waals surface area contributed by atoms with Crippen molar-refractivity contribution in [1.82, 2.24) is 0 Å². The average Bonchev–Trinajstić information content (AvgIpc) is 2.46. The second-order valence-electron chi connectivity index (χ2n) is 4.64. The first-order valence-electron chi connectivity index (χ1n) is 5.73. The van der Waals surface area contributed by atoms with Crippen molar-refractivity contribution >= 4 is 11.8 Å². The van der Waals surface area contributed by atoms with Gasteiger partial charge in [0.2, 0.25) is 0 Å². The van der Waals surface area contributed by atoms with Crippen molar-refractivity contribution in [3.63, 3.8) is 0 Å². The molecule has 1 saturated carbocycles. The van der Waals surface area contributed by atoms with Crippen molar-refractivity contribution in [1.29, 1.82) is 0 Å². The van der Waals surface area contributed by atoms with Crippen molar-refractivity contribution in [2.45, 2.75) is 44.3 Å². The topological polar surface area (TPSA) is 40.5 Å². The van der Waals surface area contributed by atoms with Gasteiger partial charge in [-0.3, -0.25) is 0 Å². The zero-order valence-electron chi connectivity index (χ0n) is 8.56. The number of aliphatic hydroxyl groups excluding tert-OH is 2. The zero-order valence-corrected chi connectivity index (χ0v) is 9.38. The number of thioether (sulfide) groups is 1. The molecule has 0 bridgehead atoms. The molecule has 0 spiro atoms. The molecule has 4 unspecified atom stereocenters. The monoisotopic (exact) mass is 216 g/mol. The lowest BCUT2D eigenvalue weighted by atomic mass is 9.82. The van der Waals surface area contributed by atoms with E-state index in [0.717, 1.165) is 30.8 Å². The third kappa shape index (κ3) is 2.26. The van der Waals surface area contributed by atoms with E-state index >= 15 is 0 Å². The van der Waals surface area contributed by atoms with Crippen molar-refractivity contribution in [2.75, 3.05) is 11.5 Å². The molecular formula is C11H20O2S. The van der Waals surface area contributed by atoms with Gasteiger partial charge in [-0.1, -0.05) is 19.3 Å². The minimum absolute atomic E-state index is 0.157. The van der Waals surface area contributed by atoms with Gasteiger partial charge in [-0.2, -0.15) is 11.8 Å². The quantitative estimate of drug-likeness (QED) is 0.655. The normalized spacial score (nSPS) is 45.0. The minimum Gasteiger partial charge on any atom is -0.393 e. The number of rotatable bonds is 1. The van der Waals surface area contributed by atoms with E-state index in [1.807, 2.05) is 11.8 Å². The van der Waals surface area contributed by atoms with Crippen LogP contribution in [0.5, 0.6) is 0 Å². The first-order chi connectivity index (χ1) is 6.79. The van der Waals surface area contributed by atoms with Crippen LogP contribution in [0, 0.1) is 11.8 Å². The molecule has 2 rings (SSSR count). The van der Waals surface area contributed by atoms with Crippen LogP contribution in [0.15, 0.2) is 0 Å². The summed E-state index contributed by atoms with van der Waals surface area (Å²) in [6.45, 7) is 0. The molecule has 2 aliphatic rings. The van der Waals surface area contributed by atoms with E-state index in [-0.39, 0.29) is 12.2 Å². The Labute approximate surface area is 90.1 Å². The van der Waals surface area contributed by atoms with E-state index in [1.165, 1.54) is 12.8 Å². The van der Waals surface area contributed by atoms with Gasteiger partial charge >= 0.3 is 0 Å². The lowest BCUT2D eigenvalue weighted by Gasteiger charge is -2.28. The molecule has 1 saturated heterocycles. The summed E-state index contributed by atoms with van der Waals surface area (Å²) in [6, 6.07) is 0. The molecule has 1 heterocycles. The summed E-state index contributed by atoms with van der Waals surface area (Å²) < 4.78 is 0. The molecule has 1 aliphatic heterocycles. The highest BCUT2D eigenvalue weighted by atomic mass is 32.2. The standard InChI is InChI=1S/C11H20O2S/c12-10-5-3-1-2-4-8(10)9-6-14-7-11(9)13/h8-13H,1-7H2. The summed E-state index contributed by atoms with van der Waals surface area (Å²) in [6.07, 6.45) is 5.38. The van der Waals surface area contributed by atoms with Crippen LogP contribution in [-0.4, -0.2) is 33.9 Å². The summed E-state index contributed by atoms with van der Waals surface area (Å²) in [5.41, 5.74) is 0. The fraction of sp³-hybridized carbons (Fsp3) is 1.00. The van der Waals surface area contributed by atoms with Crippen LogP contribution in [-0.2, 0) is 0 Å². The van der Waals surface area contributed by atoms with Gasteiger partial charge in [-0.15, -0.1) is 0 Å². The van der Waals surface area contributed by atoms with E-state index in [1.54, 1.807) is 0 Å². The molecule has 2 fully saturated rings. The Morgan fingerprint density at radius 3 is 2.29 bits per heavy atom. The molecule has 0 aromatic carbocycles. The molecule has 4 atom stereocenters. The van der Waals surface area contributed by atoms with Gasteiger partial charge in [0.1, 0.15) is 0 Å². The predicted molar refractivity (Wildman–Crippen MR) is 59.4 cm³/mol. The van der Waals surface area contributed by atoms with Gasteiger partial charge in [-0.25, -0.2) is 0 Å². The van der Waals surface area contributed by atoms with E-state index in [4.69, 9.17) is 0 Å².